The molecule has 0 N–H and O–H groups in total. The standard InChI is InChI=1S/C19H11NO2/c21-19-13-7-2-4-9-15(13)20-14-8-3-1-6-12(14)17(18(19)20)16-10-5-11-22-16/h1-11H. The summed E-state index contributed by atoms with van der Waals surface area (Å²) >= 11 is 0. The highest BCUT2D eigenvalue weighted by atomic mass is 16.3. The Morgan fingerprint density at radius 3 is 2.55 bits per heavy atom. The Balaban J connectivity index is 2.01. The Bertz CT molecular complexity index is 1040. The molecule has 2 aromatic heterocycles. The highest BCUT2D eigenvalue weighted by molar-refractivity contribution is 6.22. The van der Waals surface area contributed by atoms with E-state index in [4.69, 9.17) is 4.42 Å². The summed E-state index contributed by atoms with van der Waals surface area (Å²) in [7, 11) is 0. The van der Waals surface area contributed by atoms with Crippen LogP contribution < -0.4 is 0 Å². The van der Waals surface area contributed by atoms with Gasteiger partial charge in [0.2, 0.25) is 5.78 Å². The molecule has 3 heterocycles. The van der Waals surface area contributed by atoms with Crippen LogP contribution in [0.15, 0.2) is 71.3 Å². The molecule has 0 atom stereocenters. The second kappa shape index (κ2) is 3.98. The van der Waals surface area contributed by atoms with Gasteiger partial charge in [-0.05, 0) is 30.3 Å². The fraction of sp³-hybridized carbons (Fsp3) is 0. The van der Waals surface area contributed by atoms with Crippen molar-refractivity contribution in [3.63, 3.8) is 0 Å². The molecule has 0 saturated carbocycles. The maximum atomic E-state index is 12.9. The van der Waals surface area contributed by atoms with E-state index in [2.05, 4.69) is 0 Å². The number of hydrogen-bond donors (Lipinski definition) is 0. The summed E-state index contributed by atoms with van der Waals surface area (Å²) in [6, 6.07) is 19.5. The summed E-state index contributed by atoms with van der Waals surface area (Å²) in [5.74, 6) is 0.782. The summed E-state index contributed by atoms with van der Waals surface area (Å²) in [6.45, 7) is 0. The second-order valence-electron chi connectivity index (χ2n) is 5.40. The van der Waals surface area contributed by atoms with Crippen molar-refractivity contribution in [1.82, 2.24) is 4.57 Å². The predicted octanol–water partition coefficient (Wildman–Crippen LogP) is 4.43. The number of carbonyl (C=O) groups is 1. The number of nitrogens with zero attached hydrogens (tertiary/aromatic N) is 1. The molecule has 0 amide bonds. The lowest BCUT2D eigenvalue weighted by Gasteiger charge is -2.02. The van der Waals surface area contributed by atoms with Crippen molar-refractivity contribution < 1.29 is 9.21 Å². The van der Waals surface area contributed by atoms with Crippen molar-refractivity contribution in [1.29, 1.82) is 0 Å². The van der Waals surface area contributed by atoms with Gasteiger partial charge in [0.25, 0.3) is 0 Å². The minimum atomic E-state index is 0.0539. The smallest absolute Gasteiger partial charge is 0.212 e. The molecule has 0 radical (unpaired) electrons. The first-order valence-electron chi connectivity index (χ1n) is 7.17. The number of aromatic nitrogens is 1. The maximum Gasteiger partial charge on any atom is 0.212 e. The van der Waals surface area contributed by atoms with Gasteiger partial charge in [0.1, 0.15) is 11.5 Å². The van der Waals surface area contributed by atoms with E-state index in [0.29, 0.717) is 5.69 Å². The summed E-state index contributed by atoms with van der Waals surface area (Å²) in [5.41, 5.74) is 4.29. The lowest BCUT2D eigenvalue weighted by molar-refractivity contribution is 0.104. The van der Waals surface area contributed by atoms with Crippen molar-refractivity contribution in [2.45, 2.75) is 0 Å². The van der Waals surface area contributed by atoms with E-state index in [1.807, 2.05) is 65.2 Å². The Labute approximate surface area is 126 Å². The molecule has 3 nitrogen and oxygen atoms in total. The Morgan fingerprint density at radius 1 is 0.864 bits per heavy atom. The summed E-state index contributed by atoms with van der Waals surface area (Å²) in [4.78, 5) is 12.9. The zero-order valence-electron chi connectivity index (χ0n) is 11.6. The van der Waals surface area contributed by atoms with Gasteiger partial charge in [-0.1, -0.05) is 30.3 Å². The zero-order valence-corrected chi connectivity index (χ0v) is 11.6. The number of fused-ring (bicyclic) bond motifs is 5. The Kier molecular flexibility index (Phi) is 2.09. The maximum absolute atomic E-state index is 12.9. The van der Waals surface area contributed by atoms with Crippen molar-refractivity contribution in [3.05, 3.63) is 78.2 Å². The van der Waals surface area contributed by atoms with E-state index >= 15 is 0 Å². The van der Waals surface area contributed by atoms with Crippen molar-refractivity contribution in [2.24, 2.45) is 0 Å². The average molecular weight is 285 g/mol. The number of furan rings is 1. The molecule has 104 valence electrons. The molecule has 4 aromatic rings. The van der Waals surface area contributed by atoms with Crippen LogP contribution in [-0.4, -0.2) is 10.4 Å². The van der Waals surface area contributed by atoms with Gasteiger partial charge < -0.3 is 8.98 Å². The van der Waals surface area contributed by atoms with E-state index in [0.717, 1.165) is 33.5 Å². The molecule has 3 heteroatoms. The minimum absolute atomic E-state index is 0.0539. The number of benzene rings is 2. The number of carbonyl (C=O) groups excluding carboxylic acids is 1. The van der Waals surface area contributed by atoms with E-state index in [-0.39, 0.29) is 5.78 Å². The van der Waals surface area contributed by atoms with Crippen molar-refractivity contribution in [2.75, 3.05) is 0 Å². The lowest BCUT2D eigenvalue weighted by atomic mass is 10.0. The first kappa shape index (κ1) is 11.6. The third-order valence-electron chi connectivity index (χ3n) is 4.25. The molecule has 0 unspecified atom stereocenters. The van der Waals surface area contributed by atoms with E-state index < -0.39 is 0 Å². The first-order valence-corrected chi connectivity index (χ1v) is 7.17. The van der Waals surface area contributed by atoms with Crippen LogP contribution in [0.1, 0.15) is 16.1 Å². The summed E-state index contributed by atoms with van der Waals surface area (Å²) < 4.78 is 7.64. The molecule has 22 heavy (non-hydrogen) atoms. The van der Waals surface area contributed by atoms with E-state index in [1.54, 1.807) is 6.26 Å². The van der Waals surface area contributed by atoms with Crippen LogP contribution in [0.4, 0.5) is 0 Å². The van der Waals surface area contributed by atoms with Gasteiger partial charge in [0, 0.05) is 10.9 Å². The summed E-state index contributed by atoms with van der Waals surface area (Å²) in [6.07, 6.45) is 1.64. The first-order chi connectivity index (χ1) is 10.9. The minimum Gasteiger partial charge on any atom is -0.464 e. The molecular weight excluding hydrogens is 274 g/mol. The van der Waals surface area contributed by atoms with Crippen LogP contribution in [0, 0.1) is 0 Å². The predicted molar refractivity (Wildman–Crippen MR) is 84.4 cm³/mol. The van der Waals surface area contributed by atoms with Gasteiger partial charge in [-0.3, -0.25) is 4.79 Å². The largest absolute Gasteiger partial charge is 0.464 e. The third kappa shape index (κ3) is 1.28. The normalized spacial score (nSPS) is 12.6. The fourth-order valence-corrected chi connectivity index (χ4v) is 3.36. The van der Waals surface area contributed by atoms with E-state index in [1.165, 1.54) is 0 Å². The lowest BCUT2D eigenvalue weighted by Crippen LogP contribution is -1.97. The zero-order chi connectivity index (χ0) is 14.7. The molecule has 0 fully saturated rings. The molecule has 5 rings (SSSR count). The van der Waals surface area contributed by atoms with Crippen molar-refractivity contribution in [3.8, 4) is 17.0 Å². The van der Waals surface area contributed by atoms with Gasteiger partial charge in [-0.2, -0.15) is 0 Å². The van der Waals surface area contributed by atoms with Gasteiger partial charge >= 0.3 is 0 Å². The highest BCUT2D eigenvalue weighted by Gasteiger charge is 2.33. The van der Waals surface area contributed by atoms with Crippen LogP contribution >= 0.6 is 0 Å². The second-order valence-corrected chi connectivity index (χ2v) is 5.40. The number of ketones is 1. The van der Waals surface area contributed by atoms with Crippen LogP contribution in [0.5, 0.6) is 0 Å². The van der Waals surface area contributed by atoms with Crippen LogP contribution in [0.3, 0.4) is 0 Å². The van der Waals surface area contributed by atoms with Crippen LogP contribution in [-0.2, 0) is 0 Å². The molecule has 0 aliphatic carbocycles. The number of hydrogen-bond acceptors (Lipinski definition) is 2. The fourth-order valence-electron chi connectivity index (χ4n) is 3.36. The Hall–Kier alpha value is -3.07. The molecule has 1 aliphatic heterocycles. The van der Waals surface area contributed by atoms with Crippen LogP contribution in [0.2, 0.25) is 0 Å². The average Bonchev–Trinajstić information content (AvgIpc) is 3.24. The topological polar surface area (TPSA) is 35.1 Å². The molecule has 2 aromatic carbocycles. The Morgan fingerprint density at radius 2 is 1.68 bits per heavy atom. The van der Waals surface area contributed by atoms with Gasteiger partial charge in [0.05, 0.1) is 23.0 Å². The quantitative estimate of drug-likeness (QED) is 0.456. The molecule has 1 aliphatic rings. The van der Waals surface area contributed by atoms with Gasteiger partial charge in [-0.25, -0.2) is 0 Å². The SMILES string of the molecule is O=C1c2ccccc2-n2c1c(-c1ccco1)c1ccccc12. The number of rotatable bonds is 1. The molecule has 0 bridgehead atoms. The summed E-state index contributed by atoms with van der Waals surface area (Å²) in [5, 5.41) is 1.04. The van der Waals surface area contributed by atoms with Gasteiger partial charge in [0.15, 0.2) is 0 Å². The highest BCUT2D eigenvalue weighted by Crippen LogP contribution is 2.42. The number of para-hydroxylation sites is 2. The molecule has 0 spiro atoms. The monoisotopic (exact) mass is 285 g/mol. The molecule has 0 saturated heterocycles. The molecular formula is C19H11NO2. The third-order valence-corrected chi connectivity index (χ3v) is 4.25. The van der Waals surface area contributed by atoms with Crippen LogP contribution in [0.25, 0.3) is 27.9 Å². The van der Waals surface area contributed by atoms with Crippen molar-refractivity contribution >= 4 is 16.7 Å². The van der Waals surface area contributed by atoms with E-state index in [9.17, 15) is 4.79 Å². The van der Waals surface area contributed by atoms with Gasteiger partial charge in [-0.15, -0.1) is 0 Å².